The fourth-order valence-electron chi connectivity index (χ4n) is 1.80. The molecule has 3 rings (SSSR count). The molecule has 0 N–H and O–H groups in total. The number of pyridine rings is 1. The Kier molecular flexibility index (Phi) is 1.96. The predicted octanol–water partition coefficient (Wildman–Crippen LogP) is 4.15. The maximum Gasteiger partial charge on any atom is 0.0719 e. The van der Waals surface area contributed by atoms with Gasteiger partial charge < -0.3 is 0 Å². The minimum Gasteiger partial charge on any atom is -0.256 e. The minimum absolute atomic E-state index is 1.03. The van der Waals surface area contributed by atoms with Crippen LogP contribution in [0.1, 0.15) is 0 Å². The molecule has 0 bridgehead atoms. The van der Waals surface area contributed by atoms with Gasteiger partial charge in [0.15, 0.2) is 0 Å². The van der Waals surface area contributed by atoms with Crippen molar-refractivity contribution in [2.24, 2.45) is 0 Å². The largest absolute Gasteiger partial charge is 0.256 e. The van der Waals surface area contributed by atoms with Gasteiger partial charge >= 0.3 is 0 Å². The lowest BCUT2D eigenvalue weighted by Gasteiger charge is -2.02. The quantitative estimate of drug-likeness (QED) is 0.552. The number of benzene rings is 2. The molecule has 0 saturated heterocycles. The summed E-state index contributed by atoms with van der Waals surface area (Å²) in [6, 6.07) is 14.6. The van der Waals surface area contributed by atoms with Crippen molar-refractivity contribution in [1.29, 1.82) is 0 Å². The first-order valence-corrected chi connectivity index (χ1v) is 5.57. The van der Waals surface area contributed by atoms with E-state index in [1.165, 1.54) is 10.8 Å². The third-order valence-corrected chi connectivity index (χ3v) is 3.25. The average Bonchev–Trinajstić information content (AvgIpc) is 2.27. The maximum atomic E-state index is 4.36. The first-order chi connectivity index (χ1) is 7.34. The Morgan fingerprint density at radius 2 is 1.67 bits per heavy atom. The highest BCUT2D eigenvalue weighted by Gasteiger charge is 2.01. The lowest BCUT2D eigenvalue weighted by atomic mass is 10.1. The zero-order valence-electron chi connectivity index (χ0n) is 7.94. The van der Waals surface area contributed by atoms with E-state index in [1.54, 1.807) is 0 Å². The summed E-state index contributed by atoms with van der Waals surface area (Å²) < 4.78 is 1.10. The van der Waals surface area contributed by atoms with Gasteiger partial charge in [-0.2, -0.15) is 0 Å². The van der Waals surface area contributed by atoms with E-state index in [0.29, 0.717) is 0 Å². The first kappa shape index (κ1) is 8.86. The van der Waals surface area contributed by atoms with Crippen LogP contribution in [0.5, 0.6) is 0 Å². The number of rotatable bonds is 0. The average molecular weight is 258 g/mol. The van der Waals surface area contributed by atoms with Gasteiger partial charge in [0.05, 0.1) is 5.52 Å². The van der Waals surface area contributed by atoms with Gasteiger partial charge in [-0.3, -0.25) is 4.98 Å². The molecule has 0 atom stereocenters. The van der Waals surface area contributed by atoms with E-state index in [2.05, 4.69) is 51.2 Å². The summed E-state index contributed by atoms with van der Waals surface area (Å²) in [6.45, 7) is 0. The number of fused-ring (bicyclic) bond motifs is 2. The molecule has 0 fully saturated rings. The molecule has 0 aliphatic rings. The molecule has 1 nitrogen and oxygen atoms in total. The molecule has 1 aromatic heterocycles. The molecule has 2 aromatic carbocycles. The molecule has 0 spiro atoms. The summed E-state index contributed by atoms with van der Waals surface area (Å²) >= 11 is 3.54. The smallest absolute Gasteiger partial charge is 0.0719 e. The van der Waals surface area contributed by atoms with Crippen molar-refractivity contribution in [1.82, 2.24) is 4.98 Å². The summed E-state index contributed by atoms with van der Waals surface area (Å²) in [6.07, 6.45) is 1.82. The van der Waals surface area contributed by atoms with Gasteiger partial charge in [-0.1, -0.05) is 40.2 Å². The van der Waals surface area contributed by atoms with Crippen LogP contribution >= 0.6 is 15.9 Å². The lowest BCUT2D eigenvalue weighted by Crippen LogP contribution is -1.80. The monoisotopic (exact) mass is 257 g/mol. The molecule has 2 heteroatoms. The highest BCUT2D eigenvalue weighted by molar-refractivity contribution is 9.10. The zero-order chi connectivity index (χ0) is 10.3. The van der Waals surface area contributed by atoms with E-state index in [4.69, 9.17) is 0 Å². The predicted molar refractivity (Wildman–Crippen MR) is 66.9 cm³/mol. The van der Waals surface area contributed by atoms with Crippen LogP contribution in [0.15, 0.2) is 53.1 Å². The van der Waals surface area contributed by atoms with Crippen LogP contribution in [0.3, 0.4) is 0 Å². The van der Waals surface area contributed by atoms with Gasteiger partial charge in [-0.15, -0.1) is 0 Å². The number of aromatic nitrogens is 1. The number of hydrogen-bond acceptors (Lipinski definition) is 1. The Labute approximate surface area is 95.9 Å². The lowest BCUT2D eigenvalue weighted by molar-refractivity contribution is 1.41. The summed E-state index contributed by atoms with van der Waals surface area (Å²) in [4.78, 5) is 4.36. The number of hydrogen-bond donors (Lipinski definition) is 0. The fraction of sp³-hybridized carbons (Fsp3) is 0. The highest BCUT2D eigenvalue weighted by atomic mass is 79.9. The molecule has 0 aliphatic heterocycles. The van der Waals surface area contributed by atoms with Crippen LogP contribution in [0, 0.1) is 0 Å². The van der Waals surface area contributed by atoms with Crippen molar-refractivity contribution < 1.29 is 0 Å². The van der Waals surface area contributed by atoms with E-state index >= 15 is 0 Å². The van der Waals surface area contributed by atoms with Crippen molar-refractivity contribution >= 4 is 37.6 Å². The second-order valence-electron chi connectivity index (χ2n) is 3.51. The van der Waals surface area contributed by atoms with Crippen molar-refractivity contribution in [3.63, 3.8) is 0 Å². The van der Waals surface area contributed by atoms with Gasteiger partial charge in [-0.25, -0.2) is 0 Å². The molecular formula is C13H8BrN. The summed E-state index contributed by atoms with van der Waals surface area (Å²) in [5.41, 5.74) is 1.03. The normalized spacial score (nSPS) is 11.0. The van der Waals surface area contributed by atoms with Crippen LogP contribution in [0.25, 0.3) is 21.7 Å². The van der Waals surface area contributed by atoms with E-state index in [0.717, 1.165) is 15.4 Å². The van der Waals surface area contributed by atoms with Gasteiger partial charge in [0, 0.05) is 16.1 Å². The van der Waals surface area contributed by atoms with Crippen molar-refractivity contribution in [2.75, 3.05) is 0 Å². The zero-order valence-corrected chi connectivity index (χ0v) is 9.53. The fourth-order valence-corrected chi connectivity index (χ4v) is 2.23. The van der Waals surface area contributed by atoms with E-state index in [-0.39, 0.29) is 0 Å². The Morgan fingerprint density at radius 1 is 0.933 bits per heavy atom. The van der Waals surface area contributed by atoms with E-state index < -0.39 is 0 Å². The van der Waals surface area contributed by atoms with Crippen LogP contribution in [0.4, 0.5) is 0 Å². The van der Waals surface area contributed by atoms with Crippen LogP contribution in [-0.2, 0) is 0 Å². The summed E-state index contributed by atoms with van der Waals surface area (Å²) in [5.74, 6) is 0. The Hall–Kier alpha value is -1.41. The van der Waals surface area contributed by atoms with Crippen molar-refractivity contribution in [3.8, 4) is 0 Å². The summed E-state index contributed by atoms with van der Waals surface area (Å²) in [7, 11) is 0. The van der Waals surface area contributed by atoms with Gasteiger partial charge in [0.1, 0.15) is 0 Å². The highest BCUT2D eigenvalue weighted by Crippen LogP contribution is 2.26. The summed E-state index contributed by atoms with van der Waals surface area (Å²) in [5, 5.41) is 3.64. The van der Waals surface area contributed by atoms with Gasteiger partial charge in [0.2, 0.25) is 0 Å². The van der Waals surface area contributed by atoms with Crippen molar-refractivity contribution in [2.45, 2.75) is 0 Å². The third kappa shape index (κ3) is 1.41. The van der Waals surface area contributed by atoms with Crippen molar-refractivity contribution in [3.05, 3.63) is 53.1 Å². The SMILES string of the molecule is Brc1ccnc2cc3ccccc3cc12. The van der Waals surface area contributed by atoms with E-state index in [1.807, 2.05) is 18.3 Å². The van der Waals surface area contributed by atoms with Gasteiger partial charge in [0.25, 0.3) is 0 Å². The van der Waals surface area contributed by atoms with Gasteiger partial charge in [-0.05, 0) is 29.0 Å². The molecular weight excluding hydrogens is 250 g/mol. The topological polar surface area (TPSA) is 12.9 Å². The second-order valence-corrected chi connectivity index (χ2v) is 4.36. The minimum atomic E-state index is 1.03. The molecule has 0 saturated carbocycles. The second kappa shape index (κ2) is 3.31. The molecule has 0 unspecified atom stereocenters. The molecule has 0 aliphatic carbocycles. The van der Waals surface area contributed by atoms with E-state index in [9.17, 15) is 0 Å². The first-order valence-electron chi connectivity index (χ1n) is 4.77. The van der Waals surface area contributed by atoms with Crippen LogP contribution < -0.4 is 0 Å². The molecule has 0 amide bonds. The standard InChI is InChI=1S/C13H8BrN/c14-12-5-6-15-13-8-10-4-2-1-3-9(10)7-11(12)13/h1-8H. The molecule has 0 radical (unpaired) electrons. The molecule has 1 heterocycles. The Balaban J connectivity index is 2.53. The number of nitrogens with zero attached hydrogens (tertiary/aromatic N) is 1. The molecule has 3 aromatic rings. The van der Waals surface area contributed by atoms with Crippen LogP contribution in [-0.4, -0.2) is 4.98 Å². The Morgan fingerprint density at radius 3 is 2.47 bits per heavy atom. The Bertz CT molecular complexity index is 646. The number of halogens is 1. The van der Waals surface area contributed by atoms with Crippen LogP contribution in [0.2, 0.25) is 0 Å². The third-order valence-electron chi connectivity index (χ3n) is 2.56. The maximum absolute atomic E-state index is 4.36. The molecule has 15 heavy (non-hydrogen) atoms. The molecule has 72 valence electrons.